The van der Waals surface area contributed by atoms with Crippen LogP contribution >= 0.6 is 0 Å². The third-order valence-corrected chi connectivity index (χ3v) is 2.07. The predicted octanol–water partition coefficient (Wildman–Crippen LogP) is -0.582. The molecule has 0 aromatic carbocycles. The molecule has 1 aliphatic heterocycles. The predicted molar refractivity (Wildman–Crippen MR) is 50.7 cm³/mol. The van der Waals surface area contributed by atoms with Crippen LogP contribution in [0.5, 0.6) is 0 Å². The molecule has 5 nitrogen and oxygen atoms in total. The normalized spacial score (nSPS) is 19.6. The highest BCUT2D eigenvalue weighted by Crippen LogP contribution is 2.00. The number of ether oxygens (including phenoxy) is 1. The first-order valence-corrected chi connectivity index (χ1v) is 4.90. The van der Waals surface area contributed by atoms with Crippen LogP contribution < -0.4 is 10.6 Å². The minimum atomic E-state index is -0.269. The van der Waals surface area contributed by atoms with Crippen molar-refractivity contribution in [3.8, 4) is 0 Å². The Morgan fingerprint density at radius 3 is 2.79 bits per heavy atom. The van der Waals surface area contributed by atoms with Gasteiger partial charge in [-0.3, -0.25) is 9.59 Å². The zero-order chi connectivity index (χ0) is 10.4. The molecule has 14 heavy (non-hydrogen) atoms. The quantitative estimate of drug-likeness (QED) is 0.582. The van der Waals surface area contributed by atoms with Gasteiger partial charge < -0.3 is 15.4 Å². The summed E-state index contributed by atoms with van der Waals surface area (Å²) in [6, 6.07) is -0.0582. The van der Waals surface area contributed by atoms with E-state index in [1.165, 1.54) is 0 Å². The average Bonchev–Trinajstić information content (AvgIpc) is 2.01. The second-order valence-corrected chi connectivity index (χ2v) is 3.14. The smallest absolute Gasteiger partial charge is 0.307 e. The molecule has 80 valence electrons. The molecule has 0 aromatic heterocycles. The van der Waals surface area contributed by atoms with E-state index in [0.717, 1.165) is 13.0 Å². The topological polar surface area (TPSA) is 67.4 Å². The number of hydrogen-bond acceptors (Lipinski definition) is 4. The monoisotopic (exact) mass is 200 g/mol. The zero-order valence-electron chi connectivity index (χ0n) is 8.34. The van der Waals surface area contributed by atoms with Gasteiger partial charge in [0, 0.05) is 6.54 Å². The summed E-state index contributed by atoms with van der Waals surface area (Å²) in [5.41, 5.74) is 0. The van der Waals surface area contributed by atoms with E-state index in [9.17, 15) is 9.59 Å². The van der Waals surface area contributed by atoms with Crippen LogP contribution in [0.1, 0.15) is 19.8 Å². The van der Waals surface area contributed by atoms with Gasteiger partial charge >= 0.3 is 5.97 Å². The molecule has 0 bridgehead atoms. The van der Waals surface area contributed by atoms with Gasteiger partial charge in [0.15, 0.2) is 0 Å². The number of rotatable bonds is 5. The largest absolute Gasteiger partial charge is 0.466 e. The van der Waals surface area contributed by atoms with Crippen molar-refractivity contribution < 1.29 is 14.3 Å². The standard InChI is InChI=1S/C9H16N2O3/c1-2-14-8(12)4-6-11-9(13)7-3-5-10-7/h7,10H,2-6H2,1H3,(H,11,13)/t7-/m1/s1. The Morgan fingerprint density at radius 2 is 2.29 bits per heavy atom. The van der Waals surface area contributed by atoms with Gasteiger partial charge in [0.25, 0.3) is 0 Å². The Hall–Kier alpha value is -1.10. The third kappa shape index (κ3) is 3.33. The maximum absolute atomic E-state index is 11.2. The molecular weight excluding hydrogens is 184 g/mol. The van der Waals surface area contributed by atoms with E-state index in [0.29, 0.717) is 13.2 Å². The van der Waals surface area contributed by atoms with Gasteiger partial charge in [0.05, 0.1) is 19.1 Å². The van der Waals surface area contributed by atoms with E-state index in [1.807, 2.05) is 0 Å². The van der Waals surface area contributed by atoms with Crippen LogP contribution in [0.2, 0.25) is 0 Å². The second-order valence-electron chi connectivity index (χ2n) is 3.14. The molecule has 0 saturated carbocycles. The Labute approximate surface area is 83.2 Å². The first kappa shape index (κ1) is 11.0. The minimum Gasteiger partial charge on any atom is -0.466 e. The van der Waals surface area contributed by atoms with E-state index in [4.69, 9.17) is 4.74 Å². The molecule has 0 aromatic rings. The van der Waals surface area contributed by atoms with Crippen LogP contribution in [0.25, 0.3) is 0 Å². The third-order valence-electron chi connectivity index (χ3n) is 2.07. The molecule has 5 heteroatoms. The summed E-state index contributed by atoms with van der Waals surface area (Å²) in [6.07, 6.45) is 1.12. The molecule has 1 heterocycles. The number of nitrogens with one attached hydrogen (secondary N) is 2. The number of esters is 1. The van der Waals surface area contributed by atoms with Crippen molar-refractivity contribution in [2.24, 2.45) is 0 Å². The lowest BCUT2D eigenvalue weighted by molar-refractivity contribution is -0.143. The highest BCUT2D eigenvalue weighted by atomic mass is 16.5. The van der Waals surface area contributed by atoms with E-state index in [-0.39, 0.29) is 24.3 Å². The van der Waals surface area contributed by atoms with Crippen LogP contribution in [0.4, 0.5) is 0 Å². The first-order chi connectivity index (χ1) is 6.74. The summed E-state index contributed by atoms with van der Waals surface area (Å²) >= 11 is 0. The molecule has 2 N–H and O–H groups in total. The van der Waals surface area contributed by atoms with Crippen molar-refractivity contribution in [2.45, 2.75) is 25.8 Å². The summed E-state index contributed by atoms with van der Waals surface area (Å²) in [7, 11) is 0. The van der Waals surface area contributed by atoms with Gasteiger partial charge in [-0.25, -0.2) is 0 Å². The molecule has 1 atom stereocenters. The average molecular weight is 200 g/mol. The molecule has 1 fully saturated rings. The number of carbonyl (C=O) groups is 2. The molecule has 0 unspecified atom stereocenters. The summed E-state index contributed by atoms with van der Waals surface area (Å²) in [5.74, 6) is -0.296. The van der Waals surface area contributed by atoms with Crippen molar-refractivity contribution in [1.82, 2.24) is 10.6 Å². The highest BCUT2D eigenvalue weighted by molar-refractivity contribution is 5.83. The fraction of sp³-hybridized carbons (Fsp3) is 0.778. The van der Waals surface area contributed by atoms with E-state index in [2.05, 4.69) is 10.6 Å². The Morgan fingerprint density at radius 1 is 1.57 bits per heavy atom. The summed E-state index contributed by atoms with van der Waals surface area (Å²) in [4.78, 5) is 22.1. The maximum Gasteiger partial charge on any atom is 0.307 e. The maximum atomic E-state index is 11.2. The van der Waals surface area contributed by atoms with Crippen molar-refractivity contribution in [3.05, 3.63) is 0 Å². The van der Waals surface area contributed by atoms with Gasteiger partial charge in [-0.05, 0) is 19.9 Å². The number of hydrogen-bond donors (Lipinski definition) is 2. The van der Waals surface area contributed by atoms with Crippen LogP contribution in [0.15, 0.2) is 0 Å². The fourth-order valence-corrected chi connectivity index (χ4v) is 1.16. The summed E-state index contributed by atoms with van der Waals surface area (Å²) in [6.45, 7) is 3.40. The van der Waals surface area contributed by atoms with Gasteiger partial charge in [-0.15, -0.1) is 0 Å². The van der Waals surface area contributed by atoms with Gasteiger partial charge in [0.1, 0.15) is 0 Å². The number of carbonyl (C=O) groups excluding carboxylic acids is 2. The lowest BCUT2D eigenvalue weighted by Crippen LogP contribution is -2.53. The summed E-state index contributed by atoms with van der Waals surface area (Å²) in [5, 5.41) is 5.65. The van der Waals surface area contributed by atoms with E-state index < -0.39 is 0 Å². The second kappa shape index (κ2) is 5.59. The van der Waals surface area contributed by atoms with Crippen LogP contribution in [0.3, 0.4) is 0 Å². The van der Waals surface area contributed by atoms with Crippen molar-refractivity contribution in [1.29, 1.82) is 0 Å². The Bertz CT molecular complexity index is 214. The molecule has 0 aliphatic carbocycles. The van der Waals surface area contributed by atoms with Gasteiger partial charge in [-0.2, -0.15) is 0 Å². The lowest BCUT2D eigenvalue weighted by Gasteiger charge is -2.26. The van der Waals surface area contributed by atoms with Crippen LogP contribution in [0, 0.1) is 0 Å². The summed E-state index contributed by atoms with van der Waals surface area (Å²) < 4.78 is 4.72. The fourth-order valence-electron chi connectivity index (χ4n) is 1.16. The molecular formula is C9H16N2O3. The van der Waals surface area contributed by atoms with E-state index >= 15 is 0 Å². The van der Waals surface area contributed by atoms with Crippen LogP contribution in [-0.4, -0.2) is 37.6 Å². The highest BCUT2D eigenvalue weighted by Gasteiger charge is 2.23. The number of amides is 1. The van der Waals surface area contributed by atoms with Gasteiger partial charge in [0.2, 0.25) is 5.91 Å². The molecule has 1 aliphatic rings. The van der Waals surface area contributed by atoms with Crippen molar-refractivity contribution >= 4 is 11.9 Å². The van der Waals surface area contributed by atoms with Gasteiger partial charge in [-0.1, -0.05) is 0 Å². The van der Waals surface area contributed by atoms with Crippen LogP contribution in [-0.2, 0) is 14.3 Å². The van der Waals surface area contributed by atoms with Crippen molar-refractivity contribution in [2.75, 3.05) is 19.7 Å². The molecule has 0 spiro atoms. The first-order valence-electron chi connectivity index (χ1n) is 4.90. The molecule has 1 saturated heterocycles. The Balaban J connectivity index is 2.02. The molecule has 0 radical (unpaired) electrons. The lowest BCUT2D eigenvalue weighted by atomic mass is 10.1. The molecule has 1 amide bonds. The van der Waals surface area contributed by atoms with Crippen molar-refractivity contribution in [3.63, 3.8) is 0 Å². The zero-order valence-corrected chi connectivity index (χ0v) is 8.34. The molecule has 1 rings (SSSR count). The van der Waals surface area contributed by atoms with E-state index in [1.54, 1.807) is 6.92 Å². The SMILES string of the molecule is CCOC(=O)CCNC(=O)[C@H]1CCN1. The minimum absolute atomic E-state index is 0.0273. The Kier molecular flexibility index (Phi) is 4.39.